The Kier molecular flexibility index (Phi) is 379. The predicted molar refractivity (Wildman–Crippen MR) is 12.8 cm³/mol. The van der Waals surface area contributed by atoms with Crippen LogP contribution in [-0.4, -0.2) is 0 Å². The molecule has 0 aliphatic carbocycles. The molecular weight excluding hydrogens is 228 g/mol. The van der Waals surface area contributed by atoms with Gasteiger partial charge in [0.15, 0.2) is 0 Å². The normalized spacial score (nSPS) is 0. The van der Waals surface area contributed by atoms with E-state index in [0.717, 1.165) is 0 Å². The largest absolute Gasteiger partial charge is 1.00 e. The van der Waals surface area contributed by atoms with Crippen LogP contribution in [0.2, 0.25) is 0 Å². The second kappa shape index (κ2) is 27.0. The van der Waals surface area contributed by atoms with Gasteiger partial charge >= 0.3 is 41.2 Å². The maximum Gasteiger partial charge on any atom is 1.00 e. The van der Waals surface area contributed by atoms with Crippen LogP contribution in [0.3, 0.4) is 0 Å². The van der Waals surface area contributed by atoms with Crippen molar-refractivity contribution in [2.75, 3.05) is 0 Å². The molecule has 0 nitrogen and oxygen atoms in total. The van der Waals surface area contributed by atoms with Crippen molar-refractivity contribution < 1.29 is 41.2 Å². The van der Waals surface area contributed by atoms with E-state index in [4.69, 9.17) is 0 Å². The molecule has 0 rings (SSSR count). The van der Waals surface area contributed by atoms with E-state index >= 15 is 0 Å². The molecule has 0 saturated carbocycles. The maximum absolute atomic E-state index is 0. The second-order valence-electron chi connectivity index (χ2n) is 0. The van der Waals surface area contributed by atoms with Crippen molar-refractivity contribution in [3.05, 3.63) is 14.9 Å². The Bertz CT molecular complexity index is 6.00. The summed E-state index contributed by atoms with van der Waals surface area (Å²) in [5, 5.41) is 0. The second-order valence-corrected chi connectivity index (χ2v) is 0. The van der Waals surface area contributed by atoms with Gasteiger partial charge in [-0.1, -0.05) is 0 Å². The van der Waals surface area contributed by atoms with E-state index in [-0.39, 0.29) is 56.1 Å². The van der Waals surface area contributed by atoms with Crippen molar-refractivity contribution in [3.63, 3.8) is 0 Å². The summed E-state index contributed by atoms with van der Waals surface area (Å²) in [7, 11) is 0. The van der Waals surface area contributed by atoms with E-state index < -0.39 is 0 Å². The Labute approximate surface area is 56.0 Å². The minimum absolute atomic E-state index is 0. The van der Waals surface area contributed by atoms with Gasteiger partial charge in [0.25, 0.3) is 0 Å². The topological polar surface area (TPSA) is 0 Å². The molecule has 0 aliphatic rings. The molecule has 0 saturated heterocycles. The SMILES string of the molecule is [Au+].[CH3-].[CH3-].[Li+]. The van der Waals surface area contributed by atoms with E-state index in [1.807, 2.05) is 0 Å². The summed E-state index contributed by atoms with van der Waals surface area (Å²) >= 11 is 0. The van der Waals surface area contributed by atoms with Crippen molar-refractivity contribution in [2.45, 2.75) is 0 Å². The first-order valence-electron chi connectivity index (χ1n) is 0. The zero-order chi connectivity index (χ0) is 0. The fraction of sp³-hybridized carbons (Fsp3) is 0. The molecule has 0 spiro atoms. The molecule has 4 heavy (non-hydrogen) atoms. The fourth-order valence-corrected chi connectivity index (χ4v) is 0. The summed E-state index contributed by atoms with van der Waals surface area (Å²) < 4.78 is 0. The van der Waals surface area contributed by atoms with Gasteiger partial charge in [-0.2, -0.15) is 0 Å². The van der Waals surface area contributed by atoms with Crippen molar-refractivity contribution >= 4 is 0 Å². The number of hydrogen-bond acceptors (Lipinski definition) is 0. The van der Waals surface area contributed by atoms with Crippen molar-refractivity contribution in [3.8, 4) is 0 Å². The molecule has 0 radical (unpaired) electrons. The van der Waals surface area contributed by atoms with Gasteiger partial charge < -0.3 is 14.9 Å². The third kappa shape index (κ3) is 10.2. The van der Waals surface area contributed by atoms with Crippen molar-refractivity contribution in [1.82, 2.24) is 0 Å². The molecule has 0 atom stereocenters. The Morgan fingerprint density at radius 3 is 0.750 bits per heavy atom. The monoisotopic (exact) mass is 234 g/mol. The van der Waals surface area contributed by atoms with E-state index in [2.05, 4.69) is 0 Å². The summed E-state index contributed by atoms with van der Waals surface area (Å²) in [5.41, 5.74) is 0. The first-order valence-corrected chi connectivity index (χ1v) is 0. The minimum Gasteiger partial charge on any atom is -0.358 e. The summed E-state index contributed by atoms with van der Waals surface area (Å²) in [6, 6.07) is 0. The molecule has 0 aromatic heterocycles. The van der Waals surface area contributed by atoms with Crippen LogP contribution < -0.4 is 18.9 Å². The Morgan fingerprint density at radius 1 is 0.750 bits per heavy atom. The molecule has 0 amide bonds. The van der Waals surface area contributed by atoms with Crippen LogP contribution in [-0.2, 0) is 22.4 Å². The number of hydrogen-bond donors (Lipinski definition) is 0. The number of rotatable bonds is 0. The average Bonchev–Trinajstić information content (AvgIpc) is 0. The van der Waals surface area contributed by atoms with Gasteiger partial charge in [-0.05, 0) is 0 Å². The van der Waals surface area contributed by atoms with Crippen molar-refractivity contribution in [2.24, 2.45) is 0 Å². The summed E-state index contributed by atoms with van der Waals surface area (Å²) in [5.74, 6) is 0. The van der Waals surface area contributed by atoms with Gasteiger partial charge in [0, 0.05) is 0 Å². The molecule has 0 aromatic rings. The van der Waals surface area contributed by atoms with Crippen LogP contribution in [0.25, 0.3) is 0 Å². The van der Waals surface area contributed by atoms with Gasteiger partial charge in [0.1, 0.15) is 0 Å². The van der Waals surface area contributed by atoms with Crippen molar-refractivity contribution in [1.29, 1.82) is 0 Å². The molecule has 0 bridgehead atoms. The summed E-state index contributed by atoms with van der Waals surface area (Å²) in [6.07, 6.45) is 0. The van der Waals surface area contributed by atoms with E-state index in [9.17, 15) is 0 Å². The Hall–Kier alpha value is 1.34. The van der Waals surface area contributed by atoms with Crippen LogP contribution in [0.1, 0.15) is 0 Å². The van der Waals surface area contributed by atoms with Crippen LogP contribution >= 0.6 is 0 Å². The minimum atomic E-state index is 0. The van der Waals surface area contributed by atoms with Crippen LogP contribution in [0.15, 0.2) is 0 Å². The summed E-state index contributed by atoms with van der Waals surface area (Å²) in [6.45, 7) is 0. The average molecular weight is 234 g/mol. The third-order valence-electron chi connectivity index (χ3n) is 0. The van der Waals surface area contributed by atoms with Crippen LogP contribution in [0.5, 0.6) is 0 Å². The Morgan fingerprint density at radius 2 is 0.750 bits per heavy atom. The Balaban J connectivity index is 0. The molecular formula is C2H6AuLi. The molecule has 0 aromatic carbocycles. The molecule has 26 valence electrons. The van der Waals surface area contributed by atoms with Gasteiger partial charge in [-0.25, -0.2) is 0 Å². The zero-order valence-corrected chi connectivity index (χ0v) is 5.47. The smallest absolute Gasteiger partial charge is 0.358 e. The zero-order valence-electron chi connectivity index (χ0n) is 3.30. The molecule has 0 unspecified atom stereocenters. The van der Waals surface area contributed by atoms with Crippen LogP contribution in [0, 0.1) is 14.9 Å². The fourth-order valence-electron chi connectivity index (χ4n) is 0. The molecule has 0 N–H and O–H groups in total. The van der Waals surface area contributed by atoms with Gasteiger partial charge in [-0.3, -0.25) is 0 Å². The van der Waals surface area contributed by atoms with Gasteiger partial charge in [-0.15, -0.1) is 0 Å². The molecule has 0 fully saturated rings. The first-order chi connectivity index (χ1) is 0. The first kappa shape index (κ1) is 56.1. The molecule has 0 heterocycles. The van der Waals surface area contributed by atoms with E-state index in [1.165, 1.54) is 0 Å². The quantitative estimate of drug-likeness (QED) is 0.333. The maximum atomic E-state index is 0. The van der Waals surface area contributed by atoms with Crippen LogP contribution in [0.4, 0.5) is 0 Å². The molecule has 2 heteroatoms. The summed E-state index contributed by atoms with van der Waals surface area (Å²) in [4.78, 5) is 0. The third-order valence-corrected chi connectivity index (χ3v) is 0. The standard InChI is InChI=1S/2CH3.Au.Li/h2*1H3;;/q2*-1;2*+1. The van der Waals surface area contributed by atoms with Gasteiger partial charge in [0.05, 0.1) is 0 Å². The van der Waals surface area contributed by atoms with Gasteiger partial charge in [0.2, 0.25) is 0 Å². The predicted octanol–water partition coefficient (Wildman–Crippen LogP) is -2.10. The van der Waals surface area contributed by atoms with E-state index in [0.29, 0.717) is 0 Å². The van der Waals surface area contributed by atoms with E-state index in [1.54, 1.807) is 0 Å². The molecule has 0 aliphatic heterocycles.